The molecule has 0 radical (unpaired) electrons. The Balaban J connectivity index is 1.95. The van der Waals surface area contributed by atoms with Crippen molar-refractivity contribution in [3.05, 3.63) is 0 Å². The summed E-state index contributed by atoms with van der Waals surface area (Å²) in [7, 11) is 2.13. The van der Waals surface area contributed by atoms with Gasteiger partial charge in [0.25, 0.3) is 0 Å². The molecule has 1 amide bonds. The van der Waals surface area contributed by atoms with E-state index >= 15 is 0 Å². The Kier molecular flexibility index (Phi) is 4.66. The highest BCUT2D eigenvalue weighted by molar-refractivity contribution is 5.89. The van der Waals surface area contributed by atoms with Crippen molar-refractivity contribution in [2.24, 2.45) is 11.1 Å². The van der Waals surface area contributed by atoms with Crippen molar-refractivity contribution in [2.45, 2.75) is 70.7 Å². The summed E-state index contributed by atoms with van der Waals surface area (Å²) in [5.74, 6) is -0.00907. The second-order valence-electron chi connectivity index (χ2n) is 7.37. The van der Waals surface area contributed by atoms with Crippen molar-refractivity contribution in [3.63, 3.8) is 0 Å². The number of hydrogen-bond donors (Lipinski definition) is 2. The summed E-state index contributed by atoms with van der Waals surface area (Å²) in [5.41, 5.74) is 5.30. The van der Waals surface area contributed by atoms with Gasteiger partial charge in [0.15, 0.2) is 0 Å². The molecule has 2 rings (SSSR count). The molecule has 4 unspecified atom stereocenters. The minimum Gasteiger partial charge on any atom is -0.378 e. The lowest BCUT2D eigenvalue weighted by Gasteiger charge is -2.58. The number of hydrogen-bond acceptors (Lipinski definition) is 4. The van der Waals surface area contributed by atoms with E-state index in [0.29, 0.717) is 19.1 Å². The number of rotatable bonds is 4. The summed E-state index contributed by atoms with van der Waals surface area (Å²) < 4.78 is 5.69. The molecule has 1 heterocycles. The maximum atomic E-state index is 12.7. The monoisotopic (exact) mass is 297 g/mol. The van der Waals surface area contributed by atoms with Crippen LogP contribution in [0.5, 0.6) is 0 Å². The van der Waals surface area contributed by atoms with Gasteiger partial charge >= 0.3 is 0 Å². The van der Waals surface area contributed by atoms with E-state index < -0.39 is 5.54 Å². The molecular formula is C16H31N3O2. The average molecular weight is 297 g/mol. The molecule has 4 atom stereocenters. The van der Waals surface area contributed by atoms with Crippen LogP contribution < -0.4 is 11.1 Å². The maximum Gasteiger partial charge on any atom is 0.241 e. The van der Waals surface area contributed by atoms with E-state index in [-0.39, 0.29) is 23.5 Å². The summed E-state index contributed by atoms with van der Waals surface area (Å²) in [6, 6.07) is 0.745. The third kappa shape index (κ3) is 2.83. The number of carbonyl (C=O) groups excluding carboxylic acids is 1. The largest absolute Gasteiger partial charge is 0.378 e. The Bertz CT molecular complexity index is 399. The van der Waals surface area contributed by atoms with E-state index in [4.69, 9.17) is 10.5 Å². The molecule has 21 heavy (non-hydrogen) atoms. The van der Waals surface area contributed by atoms with Crippen molar-refractivity contribution in [1.29, 1.82) is 0 Å². The quantitative estimate of drug-likeness (QED) is 0.816. The van der Waals surface area contributed by atoms with Crippen LogP contribution in [0.15, 0.2) is 0 Å². The van der Waals surface area contributed by atoms with Crippen LogP contribution in [0.1, 0.15) is 47.0 Å². The van der Waals surface area contributed by atoms with Crippen molar-refractivity contribution in [3.8, 4) is 0 Å². The Morgan fingerprint density at radius 1 is 1.48 bits per heavy atom. The van der Waals surface area contributed by atoms with Gasteiger partial charge in [-0.2, -0.15) is 0 Å². The van der Waals surface area contributed by atoms with Crippen molar-refractivity contribution < 1.29 is 9.53 Å². The minimum absolute atomic E-state index is 0.00907. The minimum atomic E-state index is -0.806. The molecule has 0 bridgehead atoms. The lowest BCUT2D eigenvalue weighted by molar-refractivity contribution is -0.171. The average Bonchev–Trinajstić information content (AvgIpc) is 2.42. The number of piperidine rings is 1. The van der Waals surface area contributed by atoms with Crippen molar-refractivity contribution in [1.82, 2.24) is 10.2 Å². The van der Waals surface area contributed by atoms with Crippen molar-refractivity contribution >= 4 is 5.91 Å². The lowest BCUT2D eigenvalue weighted by Crippen LogP contribution is -2.76. The Morgan fingerprint density at radius 2 is 2.14 bits per heavy atom. The van der Waals surface area contributed by atoms with Crippen LogP contribution in [0.4, 0.5) is 0 Å². The normalized spacial score (nSPS) is 39.6. The molecule has 3 N–H and O–H groups in total. The molecule has 2 aliphatic rings. The predicted octanol–water partition coefficient (Wildman–Crippen LogP) is 1.12. The van der Waals surface area contributed by atoms with E-state index in [9.17, 15) is 4.79 Å². The summed E-state index contributed by atoms with van der Waals surface area (Å²) >= 11 is 0. The van der Waals surface area contributed by atoms with E-state index in [2.05, 4.69) is 24.2 Å². The number of nitrogens with one attached hydrogen (secondary N) is 1. The van der Waals surface area contributed by atoms with E-state index in [0.717, 1.165) is 19.4 Å². The van der Waals surface area contributed by atoms with Gasteiger partial charge in [0.2, 0.25) is 5.91 Å². The molecule has 2 fully saturated rings. The molecule has 0 aromatic heterocycles. The zero-order valence-corrected chi connectivity index (χ0v) is 14.1. The molecule has 0 aromatic rings. The molecule has 122 valence electrons. The molecule has 1 aliphatic heterocycles. The highest BCUT2D eigenvalue weighted by Gasteiger charge is 2.63. The van der Waals surface area contributed by atoms with Crippen LogP contribution in [0, 0.1) is 5.41 Å². The smallest absolute Gasteiger partial charge is 0.241 e. The highest BCUT2D eigenvalue weighted by atomic mass is 16.5. The number of carbonyl (C=O) groups is 1. The standard InChI is InChI=1S/C16H31N3O2/c1-6-21-13-10-16(17,15(13,3)4)14(20)18-12-7-8-19(5)11(2)9-12/h11-13H,6-10,17H2,1-5H3,(H,18,20). The van der Waals surface area contributed by atoms with Gasteiger partial charge in [-0.25, -0.2) is 0 Å². The number of nitrogens with two attached hydrogens (primary N) is 1. The molecule has 1 aliphatic carbocycles. The number of ether oxygens (including phenoxy) is 1. The van der Waals surface area contributed by atoms with Crippen LogP contribution in [-0.2, 0) is 9.53 Å². The van der Waals surface area contributed by atoms with Gasteiger partial charge in [-0.15, -0.1) is 0 Å². The predicted molar refractivity (Wildman–Crippen MR) is 84.0 cm³/mol. The second kappa shape index (κ2) is 5.86. The summed E-state index contributed by atoms with van der Waals surface area (Å²) in [6.07, 6.45) is 2.68. The fourth-order valence-electron chi connectivity index (χ4n) is 3.56. The summed E-state index contributed by atoms with van der Waals surface area (Å²) in [5, 5.41) is 3.18. The van der Waals surface area contributed by atoms with Gasteiger partial charge in [-0.05, 0) is 33.7 Å². The van der Waals surface area contributed by atoms with Crippen LogP contribution in [0.25, 0.3) is 0 Å². The molecule has 0 spiro atoms. The van der Waals surface area contributed by atoms with Gasteiger partial charge in [-0.1, -0.05) is 13.8 Å². The fourth-order valence-corrected chi connectivity index (χ4v) is 3.56. The van der Waals surface area contributed by atoms with Crippen LogP contribution >= 0.6 is 0 Å². The maximum absolute atomic E-state index is 12.7. The Morgan fingerprint density at radius 3 is 2.67 bits per heavy atom. The van der Waals surface area contributed by atoms with Gasteiger partial charge in [0.05, 0.1) is 6.10 Å². The third-order valence-electron chi connectivity index (χ3n) is 5.78. The number of nitrogens with zero attached hydrogens (tertiary/aromatic N) is 1. The highest BCUT2D eigenvalue weighted by Crippen LogP contribution is 2.49. The van der Waals surface area contributed by atoms with Gasteiger partial charge in [-0.3, -0.25) is 4.79 Å². The van der Waals surface area contributed by atoms with Crippen molar-refractivity contribution in [2.75, 3.05) is 20.2 Å². The molecule has 5 nitrogen and oxygen atoms in total. The number of likely N-dealkylation sites (tertiary alicyclic amines) is 1. The molecule has 0 aromatic carbocycles. The van der Waals surface area contributed by atoms with Gasteiger partial charge < -0.3 is 20.7 Å². The topological polar surface area (TPSA) is 67.6 Å². The first-order valence-electron chi connectivity index (χ1n) is 8.14. The summed E-state index contributed by atoms with van der Waals surface area (Å²) in [4.78, 5) is 15.0. The fraction of sp³-hybridized carbons (Fsp3) is 0.938. The lowest BCUT2D eigenvalue weighted by atomic mass is 9.54. The molecule has 1 saturated heterocycles. The first-order chi connectivity index (χ1) is 9.72. The zero-order chi connectivity index (χ0) is 15.8. The van der Waals surface area contributed by atoms with Crippen LogP contribution in [0.2, 0.25) is 0 Å². The summed E-state index contributed by atoms with van der Waals surface area (Å²) in [6.45, 7) is 9.94. The first-order valence-corrected chi connectivity index (χ1v) is 8.14. The van der Waals surface area contributed by atoms with E-state index in [1.807, 2.05) is 20.8 Å². The molecule has 1 saturated carbocycles. The molecular weight excluding hydrogens is 266 g/mol. The van der Waals surface area contributed by atoms with Crippen LogP contribution in [-0.4, -0.2) is 54.7 Å². The van der Waals surface area contributed by atoms with Crippen LogP contribution in [0.3, 0.4) is 0 Å². The Hall–Kier alpha value is -0.650. The molecule has 5 heteroatoms. The second-order valence-corrected chi connectivity index (χ2v) is 7.37. The SMILES string of the molecule is CCOC1CC(N)(C(=O)NC2CCN(C)C(C)C2)C1(C)C. The van der Waals surface area contributed by atoms with E-state index in [1.165, 1.54) is 0 Å². The Labute approximate surface area is 128 Å². The third-order valence-corrected chi connectivity index (χ3v) is 5.78. The van der Waals surface area contributed by atoms with Gasteiger partial charge in [0, 0.05) is 37.1 Å². The van der Waals surface area contributed by atoms with E-state index in [1.54, 1.807) is 0 Å². The van der Waals surface area contributed by atoms with Gasteiger partial charge in [0.1, 0.15) is 5.54 Å². The zero-order valence-electron chi connectivity index (χ0n) is 14.1. The number of amides is 1. The first kappa shape index (κ1) is 16.7.